The van der Waals surface area contributed by atoms with Gasteiger partial charge in [0.2, 0.25) is 15.9 Å². The molecule has 29 heavy (non-hydrogen) atoms. The van der Waals surface area contributed by atoms with Gasteiger partial charge in [0.25, 0.3) is 0 Å². The lowest BCUT2D eigenvalue weighted by Crippen LogP contribution is -2.35. The number of amides is 1. The molecule has 3 rings (SSSR count). The van der Waals surface area contributed by atoms with E-state index in [2.05, 4.69) is 15.6 Å². The molecule has 1 aliphatic heterocycles. The molecule has 1 aromatic heterocycles. The van der Waals surface area contributed by atoms with Crippen LogP contribution in [-0.4, -0.2) is 49.8 Å². The van der Waals surface area contributed by atoms with Crippen LogP contribution in [0.5, 0.6) is 0 Å². The van der Waals surface area contributed by atoms with Crippen LogP contribution in [0.3, 0.4) is 0 Å². The number of benzene rings is 1. The Bertz CT molecular complexity index is 912. The van der Waals surface area contributed by atoms with E-state index < -0.39 is 10.0 Å². The van der Waals surface area contributed by atoms with Crippen LogP contribution in [0.1, 0.15) is 24.8 Å². The number of nitrogens with one attached hydrogen (secondary N) is 2. The van der Waals surface area contributed by atoms with Crippen LogP contribution in [0.25, 0.3) is 0 Å². The number of aromatic nitrogens is 1. The Morgan fingerprint density at radius 3 is 2.41 bits per heavy atom. The molecule has 1 amide bonds. The number of hydrogen-bond donors (Lipinski definition) is 2. The molecular formula is C20H25FN4O3S. The standard InChI is InChI=1S/C20H25FN4O3S/c21-17-6-4-16(5-7-17)14-20(26)23-11-10-22-19-9-8-18(15-24-19)29(27,28)25-12-2-1-3-13-25/h4-9,15H,1-3,10-14H2,(H,22,24)(H,23,26). The molecule has 2 aromatic rings. The van der Waals surface area contributed by atoms with Crippen molar-refractivity contribution >= 4 is 21.7 Å². The van der Waals surface area contributed by atoms with Gasteiger partial charge in [0.05, 0.1) is 6.42 Å². The lowest BCUT2D eigenvalue weighted by atomic mass is 10.1. The third-order valence-electron chi connectivity index (χ3n) is 4.72. The zero-order valence-electron chi connectivity index (χ0n) is 16.1. The molecule has 0 saturated carbocycles. The van der Waals surface area contributed by atoms with Crippen LogP contribution < -0.4 is 10.6 Å². The molecule has 0 spiro atoms. The van der Waals surface area contributed by atoms with Gasteiger partial charge in [-0.1, -0.05) is 18.6 Å². The van der Waals surface area contributed by atoms with Gasteiger partial charge in [-0.3, -0.25) is 4.79 Å². The molecule has 2 heterocycles. The van der Waals surface area contributed by atoms with E-state index in [0.717, 1.165) is 24.8 Å². The highest BCUT2D eigenvalue weighted by atomic mass is 32.2. The zero-order chi connectivity index (χ0) is 20.7. The molecule has 1 aromatic carbocycles. The molecule has 1 aliphatic rings. The first-order valence-electron chi connectivity index (χ1n) is 9.66. The molecule has 2 N–H and O–H groups in total. The number of hydrogen-bond acceptors (Lipinski definition) is 5. The highest BCUT2D eigenvalue weighted by Crippen LogP contribution is 2.20. The van der Waals surface area contributed by atoms with Gasteiger partial charge in [-0.2, -0.15) is 4.31 Å². The lowest BCUT2D eigenvalue weighted by molar-refractivity contribution is -0.120. The number of sulfonamides is 1. The van der Waals surface area contributed by atoms with Crippen molar-refractivity contribution in [1.82, 2.24) is 14.6 Å². The Labute approximate surface area is 170 Å². The van der Waals surface area contributed by atoms with Gasteiger partial charge >= 0.3 is 0 Å². The van der Waals surface area contributed by atoms with Gasteiger partial charge in [0, 0.05) is 32.4 Å². The van der Waals surface area contributed by atoms with Crippen LogP contribution >= 0.6 is 0 Å². The lowest BCUT2D eigenvalue weighted by Gasteiger charge is -2.25. The molecule has 1 fully saturated rings. The number of carbonyl (C=O) groups is 1. The first kappa shape index (κ1) is 21.2. The van der Waals surface area contributed by atoms with Crippen molar-refractivity contribution in [2.75, 3.05) is 31.5 Å². The average molecular weight is 421 g/mol. The summed E-state index contributed by atoms with van der Waals surface area (Å²) in [6, 6.07) is 8.98. The van der Waals surface area contributed by atoms with Crippen molar-refractivity contribution in [3.05, 3.63) is 54.0 Å². The molecular weight excluding hydrogens is 395 g/mol. The van der Waals surface area contributed by atoms with Crippen molar-refractivity contribution in [3.63, 3.8) is 0 Å². The normalized spacial score (nSPS) is 15.1. The number of carbonyl (C=O) groups excluding carboxylic acids is 1. The molecule has 7 nitrogen and oxygen atoms in total. The third kappa shape index (κ3) is 5.98. The number of nitrogens with zero attached hydrogens (tertiary/aromatic N) is 2. The highest BCUT2D eigenvalue weighted by Gasteiger charge is 2.26. The van der Waals surface area contributed by atoms with Crippen LogP contribution in [0.15, 0.2) is 47.5 Å². The number of anilines is 1. The van der Waals surface area contributed by atoms with Crippen LogP contribution in [0.2, 0.25) is 0 Å². The summed E-state index contributed by atoms with van der Waals surface area (Å²) in [6.45, 7) is 1.94. The van der Waals surface area contributed by atoms with Gasteiger partial charge in [0.15, 0.2) is 0 Å². The van der Waals surface area contributed by atoms with Crippen LogP contribution in [0.4, 0.5) is 10.2 Å². The van der Waals surface area contributed by atoms with Crippen molar-refractivity contribution in [2.24, 2.45) is 0 Å². The number of pyridine rings is 1. The van der Waals surface area contributed by atoms with Gasteiger partial charge < -0.3 is 10.6 Å². The number of rotatable bonds is 8. The highest BCUT2D eigenvalue weighted by molar-refractivity contribution is 7.89. The average Bonchev–Trinajstić information content (AvgIpc) is 2.74. The summed E-state index contributed by atoms with van der Waals surface area (Å²) in [5, 5.41) is 5.81. The van der Waals surface area contributed by atoms with E-state index in [9.17, 15) is 17.6 Å². The van der Waals surface area contributed by atoms with Gasteiger partial charge in [-0.05, 0) is 42.7 Å². The molecule has 156 valence electrons. The second-order valence-corrected chi connectivity index (χ2v) is 8.86. The van der Waals surface area contributed by atoms with E-state index in [1.54, 1.807) is 24.3 Å². The molecule has 0 aliphatic carbocycles. The Hall–Kier alpha value is -2.52. The van der Waals surface area contributed by atoms with Gasteiger partial charge in [-0.25, -0.2) is 17.8 Å². The Kier molecular flexibility index (Phi) is 7.16. The molecule has 0 bridgehead atoms. The molecule has 1 saturated heterocycles. The fourth-order valence-corrected chi connectivity index (χ4v) is 4.60. The largest absolute Gasteiger partial charge is 0.368 e. The smallest absolute Gasteiger partial charge is 0.244 e. The quantitative estimate of drug-likeness (QED) is 0.639. The summed E-state index contributed by atoms with van der Waals surface area (Å²) in [7, 11) is -3.49. The van der Waals surface area contributed by atoms with Crippen molar-refractivity contribution in [2.45, 2.75) is 30.6 Å². The topological polar surface area (TPSA) is 91.4 Å². The minimum Gasteiger partial charge on any atom is -0.368 e. The maximum absolute atomic E-state index is 12.9. The van der Waals surface area contributed by atoms with Crippen LogP contribution in [-0.2, 0) is 21.2 Å². The van der Waals surface area contributed by atoms with Crippen molar-refractivity contribution in [1.29, 1.82) is 0 Å². The first-order valence-corrected chi connectivity index (χ1v) is 11.1. The molecule has 9 heteroatoms. The first-order chi connectivity index (χ1) is 13.9. The molecule has 0 atom stereocenters. The predicted molar refractivity (Wildman–Crippen MR) is 108 cm³/mol. The molecule has 0 radical (unpaired) electrons. The summed E-state index contributed by atoms with van der Waals surface area (Å²) in [6.07, 6.45) is 4.38. The van der Waals surface area contributed by atoms with E-state index in [4.69, 9.17) is 0 Å². The summed E-state index contributed by atoms with van der Waals surface area (Å²) in [4.78, 5) is 16.3. The Morgan fingerprint density at radius 1 is 1.03 bits per heavy atom. The third-order valence-corrected chi connectivity index (χ3v) is 6.60. The Morgan fingerprint density at radius 2 is 1.76 bits per heavy atom. The maximum Gasteiger partial charge on any atom is 0.244 e. The van der Waals surface area contributed by atoms with E-state index in [1.807, 2.05) is 0 Å². The van der Waals surface area contributed by atoms with Crippen molar-refractivity contribution < 1.29 is 17.6 Å². The summed E-state index contributed by atoms with van der Waals surface area (Å²) in [5.74, 6) is 0.0466. The van der Waals surface area contributed by atoms with Crippen LogP contribution in [0, 0.1) is 5.82 Å². The monoisotopic (exact) mass is 420 g/mol. The fourth-order valence-electron chi connectivity index (χ4n) is 3.13. The molecule has 0 unspecified atom stereocenters. The minimum atomic E-state index is -3.49. The van der Waals surface area contributed by atoms with E-state index in [0.29, 0.717) is 32.0 Å². The number of halogens is 1. The summed E-state index contributed by atoms with van der Waals surface area (Å²) >= 11 is 0. The fraction of sp³-hybridized carbons (Fsp3) is 0.400. The van der Waals surface area contributed by atoms with E-state index in [-0.39, 0.29) is 23.0 Å². The van der Waals surface area contributed by atoms with E-state index in [1.165, 1.54) is 22.6 Å². The number of piperidine rings is 1. The SMILES string of the molecule is O=C(Cc1ccc(F)cc1)NCCNc1ccc(S(=O)(=O)N2CCCCC2)cn1. The maximum atomic E-state index is 12.9. The van der Waals surface area contributed by atoms with Gasteiger partial charge in [0.1, 0.15) is 16.5 Å². The van der Waals surface area contributed by atoms with Crippen molar-refractivity contribution in [3.8, 4) is 0 Å². The predicted octanol–water partition coefficient (Wildman–Crippen LogP) is 2.17. The second-order valence-electron chi connectivity index (χ2n) is 6.92. The summed E-state index contributed by atoms with van der Waals surface area (Å²) < 4.78 is 39.6. The minimum absolute atomic E-state index is 0.158. The van der Waals surface area contributed by atoms with Gasteiger partial charge in [-0.15, -0.1) is 0 Å². The zero-order valence-corrected chi connectivity index (χ0v) is 16.9. The summed E-state index contributed by atoms with van der Waals surface area (Å²) in [5.41, 5.74) is 0.740. The second kappa shape index (κ2) is 9.80. The Balaban J connectivity index is 1.43. The van der Waals surface area contributed by atoms with E-state index >= 15 is 0 Å².